The zero-order chi connectivity index (χ0) is 11.9. The molecule has 4 nitrogen and oxygen atoms in total. The van der Waals surface area contributed by atoms with Crippen LogP contribution in [0.1, 0.15) is 36.1 Å². The number of rotatable bonds is 2. The molecule has 4 heteroatoms. The van der Waals surface area contributed by atoms with Gasteiger partial charge >= 0.3 is 5.97 Å². The number of carboxylic acid groups (broad SMARTS) is 1. The summed E-state index contributed by atoms with van der Waals surface area (Å²) in [6.45, 7) is 6.05. The highest BCUT2D eigenvalue weighted by molar-refractivity contribution is 5.92. The van der Waals surface area contributed by atoms with E-state index in [9.17, 15) is 4.79 Å². The molecule has 1 aromatic heterocycles. The first-order chi connectivity index (χ1) is 7.50. The van der Waals surface area contributed by atoms with Crippen LogP contribution in [-0.2, 0) is 0 Å². The van der Waals surface area contributed by atoms with Gasteiger partial charge < -0.3 is 9.67 Å². The molecule has 2 aromatic rings. The van der Waals surface area contributed by atoms with Gasteiger partial charge in [-0.25, -0.2) is 9.78 Å². The van der Waals surface area contributed by atoms with Crippen LogP contribution in [-0.4, -0.2) is 20.6 Å². The van der Waals surface area contributed by atoms with Crippen molar-refractivity contribution < 1.29 is 9.90 Å². The number of aromatic nitrogens is 2. The third-order valence-electron chi connectivity index (χ3n) is 2.63. The Balaban J connectivity index is 2.74. The standard InChI is InChI=1S/C12H14N2O2/c1-7(2)14-8(3)13-10-5-4-9(12(15)16)6-11(10)14/h4-7H,1-3H3,(H,15,16). The summed E-state index contributed by atoms with van der Waals surface area (Å²) in [5.74, 6) is 0.00333. The molecule has 84 valence electrons. The van der Waals surface area contributed by atoms with Crippen molar-refractivity contribution in [2.24, 2.45) is 0 Å². The van der Waals surface area contributed by atoms with Gasteiger partial charge in [0.25, 0.3) is 0 Å². The van der Waals surface area contributed by atoms with Crippen molar-refractivity contribution in [1.29, 1.82) is 0 Å². The lowest BCUT2D eigenvalue weighted by Gasteiger charge is -2.10. The largest absolute Gasteiger partial charge is 0.478 e. The van der Waals surface area contributed by atoms with E-state index < -0.39 is 5.97 Å². The van der Waals surface area contributed by atoms with Gasteiger partial charge in [0.05, 0.1) is 16.6 Å². The number of aromatic carboxylic acids is 1. The molecule has 0 fully saturated rings. The van der Waals surface area contributed by atoms with E-state index in [0.29, 0.717) is 5.56 Å². The molecule has 2 rings (SSSR count). The van der Waals surface area contributed by atoms with Crippen LogP contribution in [0.15, 0.2) is 18.2 Å². The molecule has 1 aromatic carbocycles. The summed E-state index contributed by atoms with van der Waals surface area (Å²) in [5.41, 5.74) is 2.03. The van der Waals surface area contributed by atoms with Gasteiger partial charge in [-0.2, -0.15) is 0 Å². The molecule has 0 amide bonds. The number of benzene rings is 1. The summed E-state index contributed by atoms with van der Waals surface area (Å²) >= 11 is 0. The molecule has 1 heterocycles. The Hall–Kier alpha value is -1.84. The monoisotopic (exact) mass is 218 g/mol. The van der Waals surface area contributed by atoms with Gasteiger partial charge in [-0.3, -0.25) is 0 Å². The molecule has 0 aliphatic rings. The van der Waals surface area contributed by atoms with E-state index in [0.717, 1.165) is 16.9 Å². The van der Waals surface area contributed by atoms with Crippen LogP contribution < -0.4 is 0 Å². The summed E-state index contributed by atoms with van der Waals surface area (Å²) in [4.78, 5) is 15.3. The Morgan fingerprint density at radius 1 is 1.44 bits per heavy atom. The molecule has 0 bridgehead atoms. The number of hydrogen-bond donors (Lipinski definition) is 1. The Morgan fingerprint density at radius 2 is 2.12 bits per heavy atom. The smallest absolute Gasteiger partial charge is 0.335 e. The van der Waals surface area contributed by atoms with Gasteiger partial charge in [0, 0.05) is 6.04 Å². The Bertz CT molecular complexity index is 555. The van der Waals surface area contributed by atoms with Gasteiger partial charge in [0.15, 0.2) is 0 Å². The van der Waals surface area contributed by atoms with Crippen LogP contribution in [0.4, 0.5) is 0 Å². The molecule has 0 unspecified atom stereocenters. The van der Waals surface area contributed by atoms with E-state index in [1.54, 1.807) is 18.2 Å². The summed E-state index contributed by atoms with van der Waals surface area (Å²) in [6.07, 6.45) is 0. The number of aryl methyl sites for hydroxylation is 1. The van der Waals surface area contributed by atoms with Gasteiger partial charge in [0.2, 0.25) is 0 Å². The van der Waals surface area contributed by atoms with Gasteiger partial charge in [-0.1, -0.05) is 0 Å². The van der Waals surface area contributed by atoms with Crippen molar-refractivity contribution >= 4 is 17.0 Å². The third-order valence-corrected chi connectivity index (χ3v) is 2.63. The normalized spacial score (nSPS) is 11.2. The predicted molar refractivity (Wildman–Crippen MR) is 61.8 cm³/mol. The number of carboxylic acids is 1. The maximum Gasteiger partial charge on any atom is 0.335 e. The SMILES string of the molecule is Cc1nc2ccc(C(=O)O)cc2n1C(C)C. The lowest BCUT2D eigenvalue weighted by atomic mass is 10.2. The lowest BCUT2D eigenvalue weighted by Crippen LogP contribution is -2.03. The molecule has 1 N–H and O–H groups in total. The molecule has 0 radical (unpaired) electrons. The quantitative estimate of drug-likeness (QED) is 0.843. The molecule has 0 aliphatic heterocycles. The first kappa shape index (κ1) is 10.7. The minimum Gasteiger partial charge on any atom is -0.478 e. The number of hydrogen-bond acceptors (Lipinski definition) is 2. The third kappa shape index (κ3) is 1.56. The van der Waals surface area contributed by atoms with E-state index in [4.69, 9.17) is 5.11 Å². The summed E-state index contributed by atoms with van der Waals surface area (Å²) < 4.78 is 2.04. The lowest BCUT2D eigenvalue weighted by molar-refractivity contribution is 0.0697. The fraction of sp³-hybridized carbons (Fsp3) is 0.333. The first-order valence-corrected chi connectivity index (χ1v) is 5.22. The van der Waals surface area contributed by atoms with E-state index in [2.05, 4.69) is 18.8 Å². The molecule has 0 atom stereocenters. The van der Waals surface area contributed by atoms with Gasteiger partial charge in [0.1, 0.15) is 5.82 Å². The van der Waals surface area contributed by atoms with E-state index in [1.165, 1.54) is 0 Å². The van der Waals surface area contributed by atoms with Crippen molar-refractivity contribution in [3.05, 3.63) is 29.6 Å². The van der Waals surface area contributed by atoms with E-state index in [-0.39, 0.29) is 6.04 Å². The molecular weight excluding hydrogens is 204 g/mol. The maximum absolute atomic E-state index is 10.9. The molecule has 0 saturated heterocycles. The van der Waals surface area contributed by atoms with Crippen LogP contribution in [0, 0.1) is 6.92 Å². The number of carbonyl (C=O) groups is 1. The fourth-order valence-electron chi connectivity index (χ4n) is 2.00. The van der Waals surface area contributed by atoms with Crippen molar-refractivity contribution in [3.8, 4) is 0 Å². The van der Waals surface area contributed by atoms with Crippen LogP contribution in [0.3, 0.4) is 0 Å². The molecule has 0 aliphatic carbocycles. The number of fused-ring (bicyclic) bond motifs is 1. The van der Waals surface area contributed by atoms with Crippen molar-refractivity contribution in [2.75, 3.05) is 0 Å². The van der Waals surface area contributed by atoms with Crippen molar-refractivity contribution in [1.82, 2.24) is 9.55 Å². The maximum atomic E-state index is 10.9. The Labute approximate surface area is 93.5 Å². The van der Waals surface area contributed by atoms with E-state index in [1.807, 2.05) is 11.5 Å². The van der Waals surface area contributed by atoms with Crippen LogP contribution in [0.5, 0.6) is 0 Å². The minimum absolute atomic E-state index is 0.272. The van der Waals surface area contributed by atoms with Crippen LogP contribution in [0.25, 0.3) is 11.0 Å². The average Bonchev–Trinajstić information content (AvgIpc) is 2.51. The molecule has 0 spiro atoms. The average molecular weight is 218 g/mol. The summed E-state index contributed by atoms with van der Waals surface area (Å²) in [6, 6.07) is 5.29. The highest BCUT2D eigenvalue weighted by atomic mass is 16.4. The Kier molecular flexibility index (Phi) is 2.42. The van der Waals surface area contributed by atoms with Crippen molar-refractivity contribution in [2.45, 2.75) is 26.8 Å². The Morgan fingerprint density at radius 3 is 2.69 bits per heavy atom. The summed E-state index contributed by atoms with van der Waals surface area (Å²) in [5, 5.41) is 8.95. The predicted octanol–water partition coefficient (Wildman–Crippen LogP) is 2.62. The van der Waals surface area contributed by atoms with E-state index >= 15 is 0 Å². The highest BCUT2D eigenvalue weighted by Crippen LogP contribution is 2.21. The highest BCUT2D eigenvalue weighted by Gasteiger charge is 2.12. The minimum atomic E-state index is -0.906. The first-order valence-electron chi connectivity index (χ1n) is 5.22. The number of nitrogens with zero attached hydrogens (tertiary/aromatic N) is 2. The molecular formula is C12H14N2O2. The fourth-order valence-corrected chi connectivity index (χ4v) is 2.00. The number of imidazole rings is 1. The zero-order valence-corrected chi connectivity index (χ0v) is 9.56. The van der Waals surface area contributed by atoms with Crippen LogP contribution >= 0.6 is 0 Å². The second kappa shape index (κ2) is 3.63. The summed E-state index contributed by atoms with van der Waals surface area (Å²) in [7, 11) is 0. The van der Waals surface area contributed by atoms with Gasteiger partial charge in [-0.05, 0) is 39.0 Å². The molecule has 16 heavy (non-hydrogen) atoms. The zero-order valence-electron chi connectivity index (χ0n) is 9.56. The second-order valence-corrected chi connectivity index (χ2v) is 4.13. The van der Waals surface area contributed by atoms with Crippen LogP contribution in [0.2, 0.25) is 0 Å². The van der Waals surface area contributed by atoms with Crippen molar-refractivity contribution in [3.63, 3.8) is 0 Å². The topological polar surface area (TPSA) is 55.1 Å². The second-order valence-electron chi connectivity index (χ2n) is 4.13. The molecule has 0 saturated carbocycles. The van der Waals surface area contributed by atoms with Gasteiger partial charge in [-0.15, -0.1) is 0 Å².